The first kappa shape index (κ1) is 26.5. The highest BCUT2D eigenvalue weighted by Gasteiger charge is 2.54. The average Bonchev–Trinajstić information content (AvgIpc) is 3.65. The van der Waals surface area contributed by atoms with Crippen LogP contribution in [0.3, 0.4) is 0 Å². The van der Waals surface area contributed by atoms with Crippen LogP contribution in [0, 0.1) is 23.2 Å². The summed E-state index contributed by atoms with van der Waals surface area (Å²) in [5.74, 6) is -1.50. The van der Waals surface area contributed by atoms with E-state index in [2.05, 4.69) is 16.4 Å². The number of nitrogens with zero attached hydrogens (tertiary/aromatic N) is 3. The fraction of sp³-hybridized carbons (Fsp3) is 0.429. The maximum absolute atomic E-state index is 13.5. The van der Waals surface area contributed by atoms with Crippen molar-refractivity contribution in [1.82, 2.24) is 10.2 Å². The molecule has 2 aliphatic heterocycles. The Bertz CT molecular complexity index is 1380. The van der Waals surface area contributed by atoms with Crippen LogP contribution in [0.1, 0.15) is 61.9 Å². The van der Waals surface area contributed by atoms with E-state index in [4.69, 9.17) is 10.5 Å². The van der Waals surface area contributed by atoms with Crippen molar-refractivity contribution in [2.24, 2.45) is 22.6 Å². The summed E-state index contributed by atoms with van der Waals surface area (Å²) in [6.07, 6.45) is -6.57. The summed E-state index contributed by atoms with van der Waals surface area (Å²) in [5.41, 5.74) is 7.09. The van der Waals surface area contributed by atoms with Gasteiger partial charge in [0.15, 0.2) is 12.1 Å². The number of hydrogen-bond donors (Lipinski definition) is 2. The molecule has 0 radical (unpaired) electrons. The summed E-state index contributed by atoms with van der Waals surface area (Å²) >= 11 is 0. The third-order valence-corrected chi connectivity index (χ3v) is 7.43. The molecule has 2 amide bonds. The second-order valence-electron chi connectivity index (χ2n) is 10.9. The van der Waals surface area contributed by atoms with Gasteiger partial charge >= 0.3 is 6.18 Å². The molecule has 5 atom stereocenters. The van der Waals surface area contributed by atoms with Crippen LogP contribution in [0.4, 0.5) is 13.2 Å². The molecule has 1 saturated carbocycles. The lowest BCUT2D eigenvalue weighted by Crippen LogP contribution is -2.52. The number of halogens is 3. The minimum absolute atomic E-state index is 0.0287. The van der Waals surface area contributed by atoms with Crippen LogP contribution in [0.15, 0.2) is 53.5 Å². The summed E-state index contributed by atoms with van der Waals surface area (Å²) in [7, 11) is 0. The van der Waals surface area contributed by atoms with Crippen LogP contribution < -0.4 is 15.8 Å². The monoisotopic (exact) mass is 539 g/mol. The first-order valence-corrected chi connectivity index (χ1v) is 12.7. The number of para-hydroxylation sites is 1. The molecule has 3 unspecified atom stereocenters. The summed E-state index contributed by atoms with van der Waals surface area (Å²) < 4.78 is 45.8. The molecule has 1 aliphatic carbocycles. The van der Waals surface area contributed by atoms with Crippen molar-refractivity contribution in [2.45, 2.75) is 63.0 Å². The van der Waals surface area contributed by atoms with Gasteiger partial charge in [-0.15, -0.1) is 0 Å². The lowest BCUT2D eigenvalue weighted by atomic mass is 9.93. The molecule has 0 saturated heterocycles. The Morgan fingerprint density at radius 2 is 1.97 bits per heavy atom. The molecule has 3 aliphatic rings. The zero-order chi connectivity index (χ0) is 28.1. The topological polar surface area (TPSA) is 121 Å². The summed E-state index contributed by atoms with van der Waals surface area (Å²) in [4.78, 5) is 32.5. The standard InChI is InChI=1S/C28H28F3N5O3/c1-27(2)13-23(37)36(26(33)35-27)24(16-7-5-6-15(10-16)14-32)18-11-19(18)25(38)34-20-12-22(28(29,30)31)39-21-9-4-3-8-17(20)21/h3-10,18-20,22,24H,11-13H2,1-2H3,(H2,33,35)(H,34,38)/t18?,19?,20-,22-,24?/m0/s1. The fourth-order valence-electron chi connectivity index (χ4n) is 5.56. The maximum Gasteiger partial charge on any atom is 0.425 e. The van der Waals surface area contributed by atoms with Crippen molar-refractivity contribution in [2.75, 3.05) is 0 Å². The van der Waals surface area contributed by atoms with Gasteiger partial charge in [0.05, 0.1) is 35.7 Å². The molecule has 3 N–H and O–H groups in total. The number of fused-ring (bicyclic) bond motifs is 1. The minimum Gasteiger partial charge on any atom is -0.480 e. The molecule has 204 valence electrons. The number of carbonyl (C=O) groups is 2. The van der Waals surface area contributed by atoms with Crippen LogP contribution in [-0.2, 0) is 9.59 Å². The van der Waals surface area contributed by atoms with E-state index < -0.39 is 48.1 Å². The molecule has 11 heteroatoms. The van der Waals surface area contributed by atoms with E-state index in [1.807, 2.05) is 0 Å². The normalized spacial score (nSPS) is 26.4. The van der Waals surface area contributed by atoms with Gasteiger partial charge in [-0.3, -0.25) is 14.5 Å². The van der Waals surface area contributed by atoms with Crippen molar-refractivity contribution >= 4 is 17.8 Å². The maximum atomic E-state index is 13.5. The molecule has 2 aromatic rings. The molecule has 8 nitrogen and oxygen atoms in total. The lowest BCUT2D eigenvalue weighted by molar-refractivity contribution is -0.201. The summed E-state index contributed by atoms with van der Waals surface area (Å²) in [5, 5.41) is 12.2. The number of carbonyl (C=O) groups excluding carboxylic acids is 2. The second-order valence-corrected chi connectivity index (χ2v) is 10.9. The number of hydrogen-bond acceptors (Lipinski definition) is 6. The van der Waals surface area contributed by atoms with Crippen LogP contribution in [0.25, 0.3) is 0 Å². The second kappa shape index (κ2) is 9.59. The number of aliphatic imine (C=N–C) groups is 1. The Morgan fingerprint density at radius 3 is 2.67 bits per heavy atom. The van der Waals surface area contributed by atoms with E-state index in [1.165, 1.54) is 11.0 Å². The smallest absolute Gasteiger partial charge is 0.425 e. The van der Waals surface area contributed by atoms with E-state index in [1.54, 1.807) is 56.3 Å². The van der Waals surface area contributed by atoms with Gasteiger partial charge in [0.2, 0.25) is 11.8 Å². The molecule has 0 bridgehead atoms. The number of ether oxygens (including phenoxy) is 1. The van der Waals surface area contributed by atoms with Gasteiger partial charge in [0.1, 0.15) is 5.75 Å². The summed E-state index contributed by atoms with van der Waals surface area (Å²) in [6, 6.07) is 13.6. The Labute approximate surface area is 223 Å². The van der Waals surface area contributed by atoms with Crippen molar-refractivity contribution in [3.05, 3.63) is 65.2 Å². The average molecular weight is 540 g/mol. The molecule has 0 spiro atoms. The Morgan fingerprint density at radius 1 is 1.23 bits per heavy atom. The van der Waals surface area contributed by atoms with Gasteiger partial charge in [-0.1, -0.05) is 30.3 Å². The first-order chi connectivity index (χ1) is 18.4. The molecule has 0 aromatic heterocycles. The van der Waals surface area contributed by atoms with E-state index in [0.717, 1.165) is 0 Å². The Kier molecular flexibility index (Phi) is 6.53. The highest BCUT2D eigenvalue weighted by atomic mass is 19.4. The van der Waals surface area contributed by atoms with Crippen LogP contribution in [0.5, 0.6) is 5.75 Å². The number of guanidine groups is 1. The number of nitrogens with one attached hydrogen (secondary N) is 1. The van der Waals surface area contributed by atoms with Crippen LogP contribution in [0.2, 0.25) is 0 Å². The predicted octanol–water partition coefficient (Wildman–Crippen LogP) is 4.13. The lowest BCUT2D eigenvalue weighted by Gasteiger charge is -2.38. The largest absolute Gasteiger partial charge is 0.480 e. The molecule has 5 rings (SSSR count). The van der Waals surface area contributed by atoms with E-state index in [9.17, 15) is 28.0 Å². The van der Waals surface area contributed by atoms with Gasteiger partial charge in [0, 0.05) is 17.9 Å². The zero-order valence-electron chi connectivity index (χ0n) is 21.4. The molecule has 1 fully saturated rings. The highest BCUT2D eigenvalue weighted by Crippen LogP contribution is 2.52. The molecule has 2 heterocycles. The minimum atomic E-state index is -4.59. The fourth-order valence-corrected chi connectivity index (χ4v) is 5.56. The first-order valence-electron chi connectivity index (χ1n) is 12.7. The number of amides is 2. The SMILES string of the molecule is CC1(C)CC(=O)N(C(c2cccc(C#N)c2)C2CC2C(=O)N[C@H]2C[C@@H](C(F)(F)F)Oc3ccccc32)C(N)=N1. The zero-order valence-corrected chi connectivity index (χ0v) is 21.4. The van der Waals surface area contributed by atoms with Crippen molar-refractivity contribution in [3.63, 3.8) is 0 Å². The molecule has 2 aromatic carbocycles. The summed E-state index contributed by atoms with van der Waals surface area (Å²) in [6.45, 7) is 3.60. The van der Waals surface area contributed by atoms with Crippen LogP contribution >= 0.6 is 0 Å². The third kappa shape index (κ3) is 5.28. The van der Waals surface area contributed by atoms with Gasteiger partial charge in [-0.2, -0.15) is 18.4 Å². The number of alkyl halides is 3. The van der Waals surface area contributed by atoms with E-state index in [-0.39, 0.29) is 30.0 Å². The molecule has 39 heavy (non-hydrogen) atoms. The Balaban J connectivity index is 1.42. The molecular weight excluding hydrogens is 511 g/mol. The van der Waals surface area contributed by atoms with Gasteiger partial charge in [0.25, 0.3) is 0 Å². The quantitative estimate of drug-likeness (QED) is 0.592. The highest BCUT2D eigenvalue weighted by molar-refractivity contribution is 5.99. The predicted molar refractivity (Wildman–Crippen MR) is 135 cm³/mol. The van der Waals surface area contributed by atoms with Crippen molar-refractivity contribution in [3.8, 4) is 11.8 Å². The number of nitrogens with two attached hydrogens (primary N) is 1. The van der Waals surface area contributed by atoms with Gasteiger partial charge in [-0.05, 0) is 49.9 Å². The van der Waals surface area contributed by atoms with Gasteiger partial charge in [-0.25, -0.2) is 4.99 Å². The van der Waals surface area contributed by atoms with Gasteiger partial charge < -0.3 is 15.8 Å². The van der Waals surface area contributed by atoms with Crippen molar-refractivity contribution < 1.29 is 27.5 Å². The van der Waals surface area contributed by atoms with Crippen molar-refractivity contribution in [1.29, 1.82) is 5.26 Å². The number of rotatable bonds is 5. The van der Waals surface area contributed by atoms with E-state index >= 15 is 0 Å². The van der Waals surface area contributed by atoms with Crippen LogP contribution in [-0.4, -0.2) is 40.5 Å². The van der Waals surface area contributed by atoms with E-state index in [0.29, 0.717) is 23.1 Å². The third-order valence-electron chi connectivity index (χ3n) is 7.43. The number of nitriles is 1. The number of benzene rings is 2. The molecular formula is C28H28F3N5O3. The Hall–Kier alpha value is -4.07.